The van der Waals surface area contributed by atoms with Gasteiger partial charge in [-0.1, -0.05) is 23.7 Å². The lowest BCUT2D eigenvalue weighted by molar-refractivity contribution is -0.120. The van der Waals surface area contributed by atoms with Crippen LogP contribution in [0.15, 0.2) is 29.4 Å². The van der Waals surface area contributed by atoms with Crippen LogP contribution in [-0.4, -0.2) is 22.3 Å². The fourth-order valence-corrected chi connectivity index (χ4v) is 6.05. The summed E-state index contributed by atoms with van der Waals surface area (Å²) in [5, 5.41) is 17.7. The Hall–Kier alpha value is -2.17. The summed E-state index contributed by atoms with van der Waals surface area (Å²) in [4.78, 5) is 13.3. The average molecular weight is 430 g/mol. The molecule has 4 N–H and O–H groups in total. The predicted octanol–water partition coefficient (Wildman–Crippen LogP) is 3.22. The molecule has 29 heavy (non-hydrogen) atoms. The number of carbonyl (C=O) groups excluding carboxylic acids is 1. The molecule has 0 aliphatic heterocycles. The van der Waals surface area contributed by atoms with Crippen molar-refractivity contribution in [2.45, 2.75) is 50.0 Å². The fourth-order valence-electron chi connectivity index (χ4n) is 5.88. The van der Waals surface area contributed by atoms with Crippen molar-refractivity contribution in [2.75, 3.05) is 0 Å². The van der Waals surface area contributed by atoms with Crippen LogP contribution in [0, 0.1) is 29.1 Å². The lowest BCUT2D eigenvalue weighted by Gasteiger charge is -2.56. The van der Waals surface area contributed by atoms with E-state index >= 15 is 0 Å². The molecule has 0 heterocycles. The van der Waals surface area contributed by atoms with Crippen molar-refractivity contribution in [3.05, 3.63) is 34.9 Å². The van der Waals surface area contributed by atoms with E-state index in [0.717, 1.165) is 19.3 Å². The highest BCUT2D eigenvalue weighted by Gasteiger charge is 2.52. The average Bonchev–Trinajstić information content (AvgIpc) is 2.64. The number of rotatable bonds is 5. The van der Waals surface area contributed by atoms with Gasteiger partial charge < -0.3 is 11.1 Å². The van der Waals surface area contributed by atoms with Crippen LogP contribution in [-0.2, 0) is 4.79 Å². The van der Waals surface area contributed by atoms with Crippen molar-refractivity contribution >= 4 is 40.6 Å². The van der Waals surface area contributed by atoms with Gasteiger partial charge >= 0.3 is 0 Å². The maximum atomic E-state index is 13.3. The Bertz CT molecular complexity index is 856. The smallest absolute Gasteiger partial charge is 0.269 e. The minimum Gasteiger partial charge on any atom is -0.375 e. The molecule has 4 aliphatic carbocycles. The number of carbonyl (C=O) groups is 1. The van der Waals surface area contributed by atoms with E-state index in [1.807, 2.05) is 0 Å². The minimum absolute atomic E-state index is 0.0575. The molecule has 0 spiro atoms. The highest BCUT2D eigenvalue weighted by Crippen LogP contribution is 2.55. The van der Waals surface area contributed by atoms with Gasteiger partial charge in [-0.3, -0.25) is 10.2 Å². The molecule has 1 amide bonds. The number of thiocarbonyl (C=S) groups is 1. The first-order chi connectivity index (χ1) is 13.9. The van der Waals surface area contributed by atoms with E-state index in [-0.39, 0.29) is 22.3 Å². The van der Waals surface area contributed by atoms with E-state index in [0.29, 0.717) is 28.3 Å². The molecule has 4 bridgehead atoms. The molecule has 5 rings (SSSR count). The van der Waals surface area contributed by atoms with Gasteiger partial charge in [0.1, 0.15) is 11.6 Å². The van der Waals surface area contributed by atoms with Crippen LogP contribution >= 0.6 is 23.8 Å². The molecule has 0 unspecified atom stereocenters. The number of nitrogens with one attached hydrogen (secondary N) is 2. The number of benzene rings is 1. The highest BCUT2D eigenvalue weighted by atomic mass is 35.5. The molecule has 1 atom stereocenters. The van der Waals surface area contributed by atoms with Crippen LogP contribution in [0.3, 0.4) is 0 Å². The summed E-state index contributed by atoms with van der Waals surface area (Å²) >= 11 is 10.8. The fraction of sp³-hybridized carbons (Fsp3) is 0.524. The van der Waals surface area contributed by atoms with Crippen LogP contribution in [0.5, 0.6) is 0 Å². The molecule has 0 aromatic heterocycles. The SMILES string of the molecule is N#C[C@H](/C(=N/NC(N)=S)C(=O)NC12CC3CC(CC(C3)C1)C2)c1ccc(Cl)cc1. The van der Waals surface area contributed by atoms with Crippen molar-refractivity contribution in [1.82, 2.24) is 10.7 Å². The van der Waals surface area contributed by atoms with E-state index in [1.165, 1.54) is 19.3 Å². The Morgan fingerprint density at radius 3 is 2.24 bits per heavy atom. The van der Waals surface area contributed by atoms with Gasteiger partial charge in [-0.05, 0) is 86.2 Å². The van der Waals surface area contributed by atoms with Crippen LogP contribution < -0.4 is 16.5 Å². The first kappa shape index (κ1) is 20.1. The Kier molecular flexibility index (Phi) is 5.50. The van der Waals surface area contributed by atoms with Crippen molar-refractivity contribution in [3.63, 3.8) is 0 Å². The molecule has 0 saturated heterocycles. The van der Waals surface area contributed by atoms with Crippen LogP contribution in [0.4, 0.5) is 0 Å². The van der Waals surface area contributed by atoms with Crippen molar-refractivity contribution < 1.29 is 4.79 Å². The molecule has 8 heteroatoms. The second-order valence-electron chi connectivity index (χ2n) is 8.74. The Morgan fingerprint density at radius 1 is 1.21 bits per heavy atom. The van der Waals surface area contributed by atoms with Crippen molar-refractivity contribution in [3.8, 4) is 6.07 Å². The second kappa shape index (κ2) is 7.92. The van der Waals surface area contributed by atoms with Gasteiger partial charge in [0.25, 0.3) is 5.91 Å². The molecule has 4 saturated carbocycles. The third-order valence-electron chi connectivity index (χ3n) is 6.54. The Labute approximate surface area is 180 Å². The van der Waals surface area contributed by atoms with Gasteiger partial charge in [-0.25, -0.2) is 0 Å². The number of hydrogen-bond acceptors (Lipinski definition) is 4. The molecule has 1 aromatic rings. The lowest BCUT2D eigenvalue weighted by atomic mass is 9.53. The summed E-state index contributed by atoms with van der Waals surface area (Å²) in [6.07, 6.45) is 6.89. The maximum absolute atomic E-state index is 13.3. The molecule has 6 nitrogen and oxygen atoms in total. The van der Waals surface area contributed by atoms with E-state index in [2.05, 4.69) is 21.9 Å². The van der Waals surface area contributed by atoms with E-state index in [9.17, 15) is 10.1 Å². The largest absolute Gasteiger partial charge is 0.375 e. The first-order valence-corrected chi connectivity index (χ1v) is 10.8. The summed E-state index contributed by atoms with van der Waals surface area (Å²) in [6.45, 7) is 0. The molecule has 1 aromatic carbocycles. The first-order valence-electron chi connectivity index (χ1n) is 9.98. The number of amides is 1. The molecular weight excluding hydrogens is 406 g/mol. The lowest BCUT2D eigenvalue weighted by Crippen LogP contribution is -2.61. The Balaban J connectivity index is 1.60. The van der Waals surface area contributed by atoms with Crippen LogP contribution in [0.25, 0.3) is 0 Å². The van der Waals surface area contributed by atoms with Gasteiger partial charge in [0.2, 0.25) is 0 Å². The zero-order valence-corrected chi connectivity index (χ0v) is 17.6. The second-order valence-corrected chi connectivity index (χ2v) is 9.62. The topological polar surface area (TPSA) is 103 Å². The molecule has 4 aliphatic rings. The standard InChI is InChI=1S/C21H24ClN5OS/c22-16-3-1-15(2-4-16)17(11-23)18(26-27-20(24)29)19(28)25-21-8-12-5-13(9-21)7-14(6-12)10-21/h1-4,12-14,17H,5-10H2,(H,25,28)(H3,24,27,29)/b26-18-/t12?,13?,14?,17-,21?/m0/s1. The summed E-state index contributed by atoms with van der Waals surface area (Å²) in [6, 6.07) is 9.03. The molecule has 4 fully saturated rings. The molecule has 152 valence electrons. The van der Waals surface area contributed by atoms with Crippen molar-refractivity contribution in [2.24, 2.45) is 28.6 Å². The van der Waals surface area contributed by atoms with Gasteiger partial charge in [0.05, 0.1) is 6.07 Å². The molecule has 0 radical (unpaired) electrons. The maximum Gasteiger partial charge on any atom is 0.269 e. The monoisotopic (exact) mass is 429 g/mol. The zero-order chi connectivity index (χ0) is 20.6. The van der Waals surface area contributed by atoms with Gasteiger partial charge in [0, 0.05) is 10.6 Å². The highest BCUT2D eigenvalue weighted by molar-refractivity contribution is 7.80. The van der Waals surface area contributed by atoms with Gasteiger partial charge in [0.15, 0.2) is 5.11 Å². The third-order valence-corrected chi connectivity index (χ3v) is 6.89. The summed E-state index contributed by atoms with van der Waals surface area (Å²) in [5.41, 5.74) is 8.52. The molecular formula is C21H24ClN5OS. The number of nitrogens with zero attached hydrogens (tertiary/aromatic N) is 2. The summed E-state index contributed by atoms with van der Waals surface area (Å²) in [7, 11) is 0. The van der Waals surface area contributed by atoms with E-state index < -0.39 is 5.92 Å². The number of hydrazone groups is 1. The third kappa shape index (κ3) is 4.24. The normalized spacial score (nSPS) is 31.0. The number of nitrogens with two attached hydrogens (primary N) is 1. The minimum atomic E-state index is -0.858. The number of halogens is 1. The van der Waals surface area contributed by atoms with Crippen LogP contribution in [0.1, 0.15) is 50.0 Å². The van der Waals surface area contributed by atoms with Gasteiger partial charge in [-0.2, -0.15) is 10.4 Å². The Morgan fingerprint density at radius 2 is 1.76 bits per heavy atom. The van der Waals surface area contributed by atoms with Crippen molar-refractivity contribution in [1.29, 1.82) is 5.26 Å². The van der Waals surface area contributed by atoms with E-state index in [1.54, 1.807) is 24.3 Å². The summed E-state index contributed by atoms with van der Waals surface area (Å²) < 4.78 is 0. The number of hydrogen-bond donors (Lipinski definition) is 3. The van der Waals surface area contributed by atoms with E-state index in [4.69, 9.17) is 29.6 Å². The number of nitriles is 1. The van der Waals surface area contributed by atoms with Gasteiger partial charge in [-0.15, -0.1) is 0 Å². The summed E-state index contributed by atoms with van der Waals surface area (Å²) in [5.74, 6) is 0.888. The predicted molar refractivity (Wildman–Crippen MR) is 116 cm³/mol. The zero-order valence-electron chi connectivity index (χ0n) is 16.0. The van der Waals surface area contributed by atoms with Crippen LogP contribution in [0.2, 0.25) is 5.02 Å². The quantitative estimate of drug-likeness (QED) is 0.378.